The van der Waals surface area contributed by atoms with E-state index in [-0.39, 0.29) is 23.9 Å². The Bertz CT molecular complexity index is 702. The second-order valence-electron chi connectivity index (χ2n) is 6.81. The maximum atomic E-state index is 12.5. The largest absolute Gasteiger partial charge is 0.459 e. The zero-order valence-electron chi connectivity index (χ0n) is 14.6. The van der Waals surface area contributed by atoms with Crippen LogP contribution in [0.15, 0.2) is 28.7 Å². The van der Waals surface area contributed by atoms with Crippen LogP contribution < -0.4 is 10.6 Å². The molecule has 0 saturated carbocycles. The molecule has 0 aliphatic carbocycles. The Morgan fingerprint density at radius 1 is 1.38 bits per heavy atom. The molecule has 2 heterocycles. The summed E-state index contributed by atoms with van der Waals surface area (Å²) in [4.78, 5) is 12.5. The summed E-state index contributed by atoms with van der Waals surface area (Å²) in [6, 6.07) is 7.95. The fraction of sp³-hybridized carbons (Fsp3) is 0.526. The zero-order chi connectivity index (χ0) is 17.1. The molecule has 1 aromatic carbocycles. The molecule has 2 N–H and O–H groups in total. The van der Waals surface area contributed by atoms with Crippen LogP contribution >= 0.6 is 0 Å². The third-order valence-corrected chi connectivity index (χ3v) is 4.58. The number of carbonyl (C=O) groups is 1. The van der Waals surface area contributed by atoms with Crippen molar-refractivity contribution < 1.29 is 13.9 Å². The Hall–Kier alpha value is -1.85. The van der Waals surface area contributed by atoms with E-state index in [0.717, 1.165) is 28.8 Å². The summed E-state index contributed by atoms with van der Waals surface area (Å²) >= 11 is 0. The van der Waals surface area contributed by atoms with Crippen molar-refractivity contribution in [3.05, 3.63) is 35.6 Å². The molecule has 1 saturated heterocycles. The van der Waals surface area contributed by atoms with Gasteiger partial charge >= 0.3 is 0 Å². The Kier molecular flexibility index (Phi) is 5.21. The SMILES string of the molecule is Cc1c(C(NC(=O)CC2COCCN2)C(C)C)oc2ccccc12. The highest BCUT2D eigenvalue weighted by Crippen LogP contribution is 2.32. The minimum atomic E-state index is -0.130. The number of ether oxygens (including phenoxy) is 1. The molecule has 2 atom stereocenters. The van der Waals surface area contributed by atoms with Crippen LogP contribution in [0.2, 0.25) is 0 Å². The quantitative estimate of drug-likeness (QED) is 0.885. The number of hydrogen-bond acceptors (Lipinski definition) is 4. The summed E-state index contributed by atoms with van der Waals surface area (Å²) < 4.78 is 11.5. The molecule has 5 nitrogen and oxygen atoms in total. The topological polar surface area (TPSA) is 63.5 Å². The monoisotopic (exact) mass is 330 g/mol. The molecule has 1 fully saturated rings. The molecular formula is C19H26N2O3. The minimum Gasteiger partial charge on any atom is -0.459 e. The number of para-hydroxylation sites is 1. The number of hydrogen-bond donors (Lipinski definition) is 2. The predicted octanol–water partition coefficient (Wildman–Crippen LogP) is 2.93. The van der Waals surface area contributed by atoms with Gasteiger partial charge in [-0.25, -0.2) is 0 Å². The highest BCUT2D eigenvalue weighted by Gasteiger charge is 2.26. The van der Waals surface area contributed by atoms with Crippen LogP contribution in [0.4, 0.5) is 0 Å². The van der Waals surface area contributed by atoms with E-state index in [1.54, 1.807) is 0 Å². The number of fused-ring (bicyclic) bond motifs is 1. The summed E-state index contributed by atoms with van der Waals surface area (Å²) in [5.74, 6) is 1.12. The van der Waals surface area contributed by atoms with Crippen LogP contribution in [-0.2, 0) is 9.53 Å². The first-order chi connectivity index (χ1) is 11.6. The Morgan fingerprint density at radius 3 is 2.83 bits per heavy atom. The van der Waals surface area contributed by atoms with Crippen molar-refractivity contribution in [3.8, 4) is 0 Å². The fourth-order valence-electron chi connectivity index (χ4n) is 3.23. The number of aryl methyl sites for hydroxylation is 1. The van der Waals surface area contributed by atoms with Crippen LogP contribution in [0.5, 0.6) is 0 Å². The van der Waals surface area contributed by atoms with Crippen LogP contribution in [0.1, 0.15) is 37.6 Å². The van der Waals surface area contributed by atoms with Gasteiger partial charge in [0.1, 0.15) is 11.3 Å². The van der Waals surface area contributed by atoms with Gasteiger partial charge in [0.05, 0.1) is 19.3 Å². The van der Waals surface area contributed by atoms with Gasteiger partial charge in [-0.3, -0.25) is 4.79 Å². The van der Waals surface area contributed by atoms with Gasteiger partial charge in [-0.1, -0.05) is 32.0 Å². The molecule has 130 valence electrons. The molecular weight excluding hydrogens is 304 g/mol. The van der Waals surface area contributed by atoms with Gasteiger partial charge in [-0.15, -0.1) is 0 Å². The van der Waals surface area contributed by atoms with Gasteiger partial charge in [-0.05, 0) is 18.9 Å². The smallest absolute Gasteiger partial charge is 0.222 e. The molecule has 2 aromatic rings. The molecule has 1 aliphatic heterocycles. The lowest BCUT2D eigenvalue weighted by atomic mass is 9.98. The fourth-order valence-corrected chi connectivity index (χ4v) is 3.23. The third kappa shape index (κ3) is 3.62. The molecule has 0 bridgehead atoms. The normalized spacial score (nSPS) is 19.6. The van der Waals surface area contributed by atoms with E-state index in [1.165, 1.54) is 0 Å². The number of rotatable bonds is 5. The molecule has 1 amide bonds. The van der Waals surface area contributed by atoms with Crippen molar-refractivity contribution in [2.24, 2.45) is 5.92 Å². The third-order valence-electron chi connectivity index (χ3n) is 4.58. The van der Waals surface area contributed by atoms with E-state index in [2.05, 4.69) is 37.5 Å². The van der Waals surface area contributed by atoms with E-state index in [1.807, 2.05) is 18.2 Å². The molecule has 5 heteroatoms. The highest BCUT2D eigenvalue weighted by molar-refractivity contribution is 5.82. The Balaban J connectivity index is 1.76. The van der Waals surface area contributed by atoms with E-state index in [9.17, 15) is 4.79 Å². The van der Waals surface area contributed by atoms with Crippen molar-refractivity contribution in [1.29, 1.82) is 0 Å². The predicted molar refractivity (Wildman–Crippen MR) is 93.9 cm³/mol. The maximum absolute atomic E-state index is 12.5. The number of carbonyl (C=O) groups excluding carboxylic acids is 1. The Morgan fingerprint density at radius 2 is 2.17 bits per heavy atom. The second kappa shape index (κ2) is 7.36. The van der Waals surface area contributed by atoms with Crippen LogP contribution in [0.3, 0.4) is 0 Å². The molecule has 0 radical (unpaired) electrons. The number of benzene rings is 1. The van der Waals surface area contributed by atoms with Crippen molar-refractivity contribution in [2.75, 3.05) is 19.8 Å². The van der Waals surface area contributed by atoms with Gasteiger partial charge in [0, 0.05) is 30.0 Å². The molecule has 24 heavy (non-hydrogen) atoms. The standard InChI is InChI=1S/C19H26N2O3/c1-12(2)18(21-17(22)10-14-11-23-9-8-20-14)19-13(3)15-6-4-5-7-16(15)24-19/h4-7,12,14,18,20H,8-11H2,1-3H3,(H,21,22). The average molecular weight is 330 g/mol. The van der Waals surface area contributed by atoms with Crippen molar-refractivity contribution in [2.45, 2.75) is 39.3 Å². The van der Waals surface area contributed by atoms with Gasteiger partial charge < -0.3 is 19.8 Å². The maximum Gasteiger partial charge on any atom is 0.222 e. The lowest BCUT2D eigenvalue weighted by Crippen LogP contribution is -2.45. The zero-order valence-corrected chi connectivity index (χ0v) is 14.6. The first kappa shape index (κ1) is 17.0. The van der Waals surface area contributed by atoms with Gasteiger partial charge in [-0.2, -0.15) is 0 Å². The van der Waals surface area contributed by atoms with E-state index in [4.69, 9.17) is 9.15 Å². The number of nitrogens with one attached hydrogen (secondary N) is 2. The Labute approximate surface area is 142 Å². The number of morpholine rings is 1. The summed E-state index contributed by atoms with van der Waals surface area (Å²) in [5, 5.41) is 7.58. The van der Waals surface area contributed by atoms with Crippen LogP contribution in [0, 0.1) is 12.8 Å². The number of furan rings is 1. The lowest BCUT2D eigenvalue weighted by Gasteiger charge is -2.26. The minimum absolute atomic E-state index is 0.0246. The van der Waals surface area contributed by atoms with Gasteiger partial charge in [0.2, 0.25) is 5.91 Å². The molecule has 0 spiro atoms. The molecule has 1 aliphatic rings. The lowest BCUT2D eigenvalue weighted by molar-refractivity contribution is -0.123. The van der Waals surface area contributed by atoms with Crippen molar-refractivity contribution in [1.82, 2.24) is 10.6 Å². The van der Waals surface area contributed by atoms with E-state index >= 15 is 0 Å². The van der Waals surface area contributed by atoms with E-state index in [0.29, 0.717) is 19.6 Å². The summed E-state index contributed by atoms with van der Waals surface area (Å²) in [5.41, 5.74) is 1.97. The average Bonchev–Trinajstić information content (AvgIpc) is 2.90. The summed E-state index contributed by atoms with van der Waals surface area (Å²) in [7, 11) is 0. The van der Waals surface area contributed by atoms with Crippen LogP contribution in [0.25, 0.3) is 11.0 Å². The first-order valence-corrected chi connectivity index (χ1v) is 8.64. The van der Waals surface area contributed by atoms with Crippen molar-refractivity contribution in [3.63, 3.8) is 0 Å². The molecule has 1 aromatic heterocycles. The summed E-state index contributed by atoms with van der Waals surface area (Å²) in [6.45, 7) is 8.35. The molecule has 2 unspecified atom stereocenters. The van der Waals surface area contributed by atoms with Gasteiger partial charge in [0.15, 0.2) is 0 Å². The van der Waals surface area contributed by atoms with Crippen molar-refractivity contribution >= 4 is 16.9 Å². The highest BCUT2D eigenvalue weighted by atomic mass is 16.5. The van der Waals surface area contributed by atoms with E-state index < -0.39 is 0 Å². The van der Waals surface area contributed by atoms with Crippen LogP contribution in [-0.4, -0.2) is 31.7 Å². The summed E-state index contributed by atoms with van der Waals surface area (Å²) in [6.07, 6.45) is 0.419. The number of amides is 1. The van der Waals surface area contributed by atoms with Gasteiger partial charge in [0.25, 0.3) is 0 Å². The molecule has 3 rings (SSSR count). The first-order valence-electron chi connectivity index (χ1n) is 8.64. The second-order valence-corrected chi connectivity index (χ2v) is 6.81.